The molecule has 0 spiro atoms. The number of nitrogens with zero attached hydrogens (tertiary/aromatic N) is 6. The molecule has 11 heteroatoms. The second-order valence-electron chi connectivity index (χ2n) is 3.79. The normalized spacial score (nSPS) is 10.8. The second-order valence-corrected chi connectivity index (χ2v) is 3.79. The summed E-state index contributed by atoms with van der Waals surface area (Å²) >= 11 is 0. The van der Waals surface area contributed by atoms with E-state index in [0.29, 0.717) is 5.52 Å². The molecule has 0 fully saturated rings. The van der Waals surface area contributed by atoms with Crippen LogP contribution in [0.1, 0.15) is 10.5 Å². The van der Waals surface area contributed by atoms with Gasteiger partial charge in [0.25, 0.3) is 11.6 Å². The zero-order chi connectivity index (χ0) is 14.3. The molecular formula is C9H6N8O3. The van der Waals surface area contributed by atoms with Gasteiger partial charge < -0.3 is 5.73 Å². The molecule has 0 aliphatic rings. The second kappa shape index (κ2) is 4.08. The topological polar surface area (TPSA) is 159 Å². The number of rotatable bonds is 3. The van der Waals surface area contributed by atoms with Crippen LogP contribution in [0.3, 0.4) is 0 Å². The van der Waals surface area contributed by atoms with E-state index in [2.05, 4.69) is 25.7 Å². The van der Waals surface area contributed by atoms with E-state index in [4.69, 9.17) is 5.73 Å². The van der Waals surface area contributed by atoms with E-state index in [9.17, 15) is 14.9 Å². The zero-order valence-corrected chi connectivity index (χ0v) is 9.72. The first kappa shape index (κ1) is 11.7. The number of hydrogen-bond acceptors (Lipinski definition) is 7. The molecule has 0 saturated carbocycles. The highest BCUT2D eigenvalue weighted by atomic mass is 16.6. The standard InChI is InChI=1S/C9H6N8O3/c10-8(18)7-9(13-14-12-7)16-6-2-1-4(17(19)20)3-5(6)11-15-16/h1-3H,(H2,10,18)(H,12,13,14). The zero-order valence-electron chi connectivity index (χ0n) is 9.72. The van der Waals surface area contributed by atoms with Crippen LogP contribution in [0.25, 0.3) is 16.9 Å². The predicted molar refractivity (Wildman–Crippen MR) is 64.0 cm³/mol. The number of primary amides is 1. The maximum absolute atomic E-state index is 11.2. The van der Waals surface area contributed by atoms with E-state index in [1.165, 1.54) is 22.9 Å². The number of fused-ring (bicyclic) bond motifs is 1. The molecule has 0 atom stereocenters. The highest BCUT2D eigenvalue weighted by Gasteiger charge is 2.19. The summed E-state index contributed by atoms with van der Waals surface area (Å²) in [5.41, 5.74) is 5.67. The van der Waals surface area contributed by atoms with Crippen molar-refractivity contribution in [3.05, 3.63) is 34.0 Å². The summed E-state index contributed by atoms with van der Waals surface area (Å²) in [5, 5.41) is 27.9. The average molecular weight is 274 g/mol. The Labute approximate surface area is 109 Å². The van der Waals surface area contributed by atoms with Crippen LogP contribution in [0, 0.1) is 10.1 Å². The van der Waals surface area contributed by atoms with Crippen molar-refractivity contribution >= 4 is 22.6 Å². The Morgan fingerprint density at radius 3 is 2.90 bits per heavy atom. The third-order valence-electron chi connectivity index (χ3n) is 2.60. The summed E-state index contributed by atoms with van der Waals surface area (Å²) in [5.74, 6) is -0.701. The number of H-pyrrole nitrogens is 1. The number of nitro groups is 1. The third kappa shape index (κ3) is 1.65. The molecule has 0 bridgehead atoms. The van der Waals surface area contributed by atoms with E-state index < -0.39 is 10.8 Å². The van der Waals surface area contributed by atoms with E-state index in [1.54, 1.807) is 0 Å². The van der Waals surface area contributed by atoms with Crippen LogP contribution in [0.2, 0.25) is 0 Å². The number of nitro benzene ring substituents is 1. The minimum atomic E-state index is -0.778. The number of aromatic amines is 1. The van der Waals surface area contributed by atoms with Crippen molar-refractivity contribution in [2.75, 3.05) is 0 Å². The third-order valence-corrected chi connectivity index (χ3v) is 2.60. The van der Waals surface area contributed by atoms with Crippen LogP contribution in [-0.2, 0) is 0 Å². The summed E-state index contributed by atoms with van der Waals surface area (Å²) in [7, 11) is 0. The number of benzene rings is 1. The van der Waals surface area contributed by atoms with Gasteiger partial charge in [0.15, 0.2) is 5.69 Å². The van der Waals surface area contributed by atoms with Crippen LogP contribution < -0.4 is 5.73 Å². The molecule has 20 heavy (non-hydrogen) atoms. The molecule has 0 saturated heterocycles. The summed E-state index contributed by atoms with van der Waals surface area (Å²) in [6.07, 6.45) is 0. The number of non-ortho nitro benzene ring substituents is 1. The van der Waals surface area contributed by atoms with Gasteiger partial charge in [0, 0.05) is 12.1 Å². The maximum Gasteiger partial charge on any atom is 0.273 e. The van der Waals surface area contributed by atoms with Gasteiger partial charge in [-0.15, -0.1) is 15.3 Å². The lowest BCUT2D eigenvalue weighted by Gasteiger charge is -1.98. The van der Waals surface area contributed by atoms with Gasteiger partial charge in [0.1, 0.15) is 5.52 Å². The van der Waals surface area contributed by atoms with Crippen LogP contribution in [0.4, 0.5) is 5.69 Å². The SMILES string of the molecule is NC(=O)c1n[nH]nc1-n1nnc2cc([N+](=O)[O-])ccc21. The summed E-state index contributed by atoms with van der Waals surface area (Å²) in [6, 6.07) is 4.02. The summed E-state index contributed by atoms with van der Waals surface area (Å²) in [4.78, 5) is 21.4. The first-order chi connectivity index (χ1) is 9.58. The first-order valence-electron chi connectivity index (χ1n) is 5.28. The number of amides is 1. The molecule has 0 aliphatic heterocycles. The molecule has 3 rings (SSSR count). The van der Waals surface area contributed by atoms with Crippen molar-refractivity contribution in [2.45, 2.75) is 0 Å². The van der Waals surface area contributed by atoms with Crippen molar-refractivity contribution in [1.82, 2.24) is 30.4 Å². The van der Waals surface area contributed by atoms with Crippen molar-refractivity contribution < 1.29 is 9.72 Å². The van der Waals surface area contributed by atoms with Crippen LogP contribution in [0.15, 0.2) is 18.2 Å². The number of carbonyl (C=O) groups is 1. The minimum Gasteiger partial charge on any atom is -0.364 e. The molecule has 3 N–H and O–H groups in total. The lowest BCUT2D eigenvalue weighted by molar-refractivity contribution is -0.384. The predicted octanol–water partition coefficient (Wildman–Crippen LogP) is -0.454. The number of carbonyl (C=O) groups excluding carboxylic acids is 1. The average Bonchev–Trinajstić information content (AvgIpc) is 3.03. The Morgan fingerprint density at radius 1 is 1.40 bits per heavy atom. The number of nitrogens with two attached hydrogens (primary N) is 1. The Bertz CT molecular complexity index is 835. The molecule has 100 valence electrons. The molecule has 3 aromatic rings. The Hall–Kier alpha value is -3.37. The van der Waals surface area contributed by atoms with Crippen molar-refractivity contribution in [3.63, 3.8) is 0 Å². The van der Waals surface area contributed by atoms with Crippen LogP contribution in [0.5, 0.6) is 0 Å². The maximum atomic E-state index is 11.2. The molecule has 11 nitrogen and oxygen atoms in total. The van der Waals surface area contributed by atoms with Gasteiger partial charge in [0.05, 0.1) is 10.4 Å². The highest BCUT2D eigenvalue weighted by Crippen LogP contribution is 2.21. The largest absolute Gasteiger partial charge is 0.364 e. The van der Waals surface area contributed by atoms with Gasteiger partial charge in [0.2, 0.25) is 5.82 Å². The molecule has 0 aliphatic carbocycles. The Kier molecular flexibility index (Phi) is 2.39. The van der Waals surface area contributed by atoms with E-state index >= 15 is 0 Å². The smallest absolute Gasteiger partial charge is 0.273 e. The lowest BCUT2D eigenvalue weighted by atomic mass is 10.3. The summed E-state index contributed by atoms with van der Waals surface area (Å²) in [6.45, 7) is 0. The van der Waals surface area contributed by atoms with Crippen molar-refractivity contribution in [1.29, 1.82) is 0 Å². The van der Waals surface area contributed by atoms with Gasteiger partial charge in [-0.05, 0) is 6.07 Å². The van der Waals surface area contributed by atoms with Gasteiger partial charge >= 0.3 is 0 Å². The van der Waals surface area contributed by atoms with Crippen molar-refractivity contribution in [3.8, 4) is 5.82 Å². The van der Waals surface area contributed by atoms with Gasteiger partial charge in [-0.1, -0.05) is 5.21 Å². The lowest BCUT2D eigenvalue weighted by Crippen LogP contribution is -2.15. The minimum absolute atomic E-state index is 0.0776. The quantitative estimate of drug-likeness (QED) is 0.483. The van der Waals surface area contributed by atoms with E-state index in [-0.39, 0.29) is 22.7 Å². The van der Waals surface area contributed by atoms with Gasteiger partial charge in [-0.3, -0.25) is 14.9 Å². The fourth-order valence-corrected chi connectivity index (χ4v) is 1.72. The Morgan fingerprint density at radius 2 is 2.20 bits per heavy atom. The Balaban J connectivity index is 2.20. The van der Waals surface area contributed by atoms with Crippen molar-refractivity contribution in [2.24, 2.45) is 5.73 Å². The molecular weight excluding hydrogens is 268 g/mol. The highest BCUT2D eigenvalue weighted by molar-refractivity contribution is 5.94. The number of aromatic nitrogens is 6. The van der Waals surface area contributed by atoms with Crippen LogP contribution >= 0.6 is 0 Å². The summed E-state index contributed by atoms with van der Waals surface area (Å²) < 4.78 is 1.22. The molecule has 1 aromatic carbocycles. The molecule has 0 radical (unpaired) electrons. The number of nitrogens with one attached hydrogen (secondary N) is 1. The molecule has 0 unspecified atom stereocenters. The monoisotopic (exact) mass is 274 g/mol. The van der Waals surface area contributed by atoms with E-state index in [1.807, 2.05) is 0 Å². The van der Waals surface area contributed by atoms with E-state index in [0.717, 1.165) is 0 Å². The first-order valence-corrected chi connectivity index (χ1v) is 5.28. The molecule has 2 aromatic heterocycles. The van der Waals surface area contributed by atoms with Crippen LogP contribution in [-0.4, -0.2) is 41.2 Å². The fraction of sp³-hybridized carbons (Fsp3) is 0. The van der Waals surface area contributed by atoms with Gasteiger partial charge in [-0.2, -0.15) is 9.90 Å². The molecule has 2 heterocycles. The fourth-order valence-electron chi connectivity index (χ4n) is 1.72. The van der Waals surface area contributed by atoms with Gasteiger partial charge in [-0.25, -0.2) is 0 Å². The molecule has 1 amide bonds. The number of hydrogen-bond donors (Lipinski definition) is 2.